The molecule has 0 aromatic heterocycles. The number of hydrogen-bond acceptors (Lipinski definition) is 6. The fourth-order valence-electron chi connectivity index (χ4n) is 3.66. The van der Waals surface area contributed by atoms with Crippen LogP contribution in [0.15, 0.2) is 72.4 Å². The summed E-state index contributed by atoms with van der Waals surface area (Å²) in [6, 6.07) is 19.5. The molecule has 7 nitrogen and oxygen atoms in total. The molecule has 0 radical (unpaired) electrons. The lowest BCUT2D eigenvalue weighted by Crippen LogP contribution is -2.32. The van der Waals surface area contributed by atoms with Gasteiger partial charge in [0.15, 0.2) is 0 Å². The molecule has 4 rings (SSSR count). The number of methoxy groups -OCH3 is 3. The molecule has 0 bridgehead atoms. The van der Waals surface area contributed by atoms with Gasteiger partial charge in [-0.1, -0.05) is 35.9 Å². The summed E-state index contributed by atoms with van der Waals surface area (Å²) in [4.78, 5) is 28.3. The third kappa shape index (κ3) is 4.13. The van der Waals surface area contributed by atoms with Gasteiger partial charge in [0.05, 0.1) is 38.3 Å². The maximum Gasteiger partial charge on any atom is 0.282 e. The number of aryl methyl sites for hydroxylation is 1. The van der Waals surface area contributed by atoms with Gasteiger partial charge in [0.25, 0.3) is 11.8 Å². The van der Waals surface area contributed by atoms with Crippen LogP contribution in [0.2, 0.25) is 0 Å². The highest BCUT2D eigenvalue weighted by Gasteiger charge is 2.40. The summed E-state index contributed by atoms with van der Waals surface area (Å²) in [5.74, 6) is 0.722. The number of nitrogens with one attached hydrogen (secondary N) is 1. The van der Waals surface area contributed by atoms with Crippen LogP contribution in [-0.2, 0) is 9.59 Å². The Kier molecular flexibility index (Phi) is 6.04. The number of rotatable bonds is 7. The Morgan fingerprint density at radius 2 is 1.45 bits per heavy atom. The Balaban J connectivity index is 1.85. The number of hydrogen-bond donors (Lipinski definition) is 1. The zero-order valence-corrected chi connectivity index (χ0v) is 18.8. The van der Waals surface area contributed by atoms with E-state index in [9.17, 15) is 9.59 Å². The molecule has 3 aromatic carbocycles. The van der Waals surface area contributed by atoms with Crippen molar-refractivity contribution in [1.29, 1.82) is 0 Å². The van der Waals surface area contributed by atoms with Crippen molar-refractivity contribution in [3.8, 4) is 17.2 Å². The molecule has 1 N–H and O–H groups in total. The summed E-state index contributed by atoms with van der Waals surface area (Å²) in [6.45, 7) is 1.96. The van der Waals surface area contributed by atoms with Crippen molar-refractivity contribution >= 4 is 28.8 Å². The molecule has 168 valence electrons. The van der Waals surface area contributed by atoms with Crippen molar-refractivity contribution in [2.45, 2.75) is 6.92 Å². The van der Waals surface area contributed by atoms with Crippen LogP contribution in [0.3, 0.4) is 0 Å². The fraction of sp³-hybridized carbons (Fsp3) is 0.154. The molecule has 0 saturated carbocycles. The van der Waals surface area contributed by atoms with Crippen molar-refractivity contribution in [3.05, 3.63) is 83.6 Å². The van der Waals surface area contributed by atoms with Crippen molar-refractivity contribution < 1.29 is 23.8 Å². The highest BCUT2D eigenvalue weighted by molar-refractivity contribution is 6.46. The number of carbonyl (C=O) groups is 2. The maximum atomic E-state index is 13.6. The average Bonchev–Trinajstić information content (AvgIpc) is 3.08. The highest BCUT2D eigenvalue weighted by Crippen LogP contribution is 2.37. The fourth-order valence-corrected chi connectivity index (χ4v) is 3.66. The van der Waals surface area contributed by atoms with Crippen molar-refractivity contribution in [2.75, 3.05) is 31.5 Å². The first-order chi connectivity index (χ1) is 16.0. The van der Waals surface area contributed by atoms with E-state index in [1.165, 1.54) is 14.2 Å². The molecule has 0 unspecified atom stereocenters. The van der Waals surface area contributed by atoms with Gasteiger partial charge in [-0.05, 0) is 36.8 Å². The third-order valence-electron chi connectivity index (χ3n) is 5.40. The van der Waals surface area contributed by atoms with Crippen molar-refractivity contribution in [2.24, 2.45) is 0 Å². The van der Waals surface area contributed by atoms with E-state index >= 15 is 0 Å². The third-order valence-corrected chi connectivity index (χ3v) is 5.40. The number of carbonyl (C=O) groups excluding carboxylic acids is 2. The minimum Gasteiger partial charge on any atom is -0.497 e. The van der Waals surface area contributed by atoms with Crippen LogP contribution in [0, 0.1) is 6.92 Å². The number of nitrogens with zero attached hydrogens (tertiary/aromatic N) is 1. The summed E-state index contributed by atoms with van der Waals surface area (Å²) in [6.07, 6.45) is 0. The molecule has 3 aromatic rings. The summed E-state index contributed by atoms with van der Waals surface area (Å²) in [7, 11) is 4.62. The molecule has 1 aliphatic rings. The summed E-state index contributed by atoms with van der Waals surface area (Å²) in [5, 5.41) is 3.14. The highest BCUT2D eigenvalue weighted by atomic mass is 16.5. The Morgan fingerprint density at radius 1 is 0.758 bits per heavy atom. The first-order valence-electron chi connectivity index (χ1n) is 10.3. The normalized spacial score (nSPS) is 13.4. The van der Waals surface area contributed by atoms with Gasteiger partial charge in [-0.3, -0.25) is 9.59 Å². The molecule has 0 aliphatic carbocycles. The second kappa shape index (κ2) is 9.08. The standard InChI is InChI=1S/C26H24N2O5/c1-16-8-10-17(11-9-16)23-24(27-21-15-20(32-3)12-13-22(21)33-4)26(30)28(25(23)29)18-6-5-7-19(14-18)31-2/h5-15,27H,1-4H3. The molecule has 0 saturated heterocycles. The van der Waals surface area contributed by atoms with E-state index in [0.717, 1.165) is 10.5 Å². The van der Waals surface area contributed by atoms with Crippen LogP contribution in [0.1, 0.15) is 11.1 Å². The van der Waals surface area contributed by atoms with Crippen molar-refractivity contribution in [3.63, 3.8) is 0 Å². The topological polar surface area (TPSA) is 77.1 Å². The van der Waals surface area contributed by atoms with E-state index in [2.05, 4.69) is 5.32 Å². The van der Waals surface area contributed by atoms with E-state index in [0.29, 0.717) is 34.2 Å². The molecule has 1 heterocycles. The van der Waals surface area contributed by atoms with Gasteiger partial charge in [-0.25, -0.2) is 4.90 Å². The Bertz CT molecular complexity index is 1250. The molecule has 0 fully saturated rings. The van der Waals surface area contributed by atoms with Crippen LogP contribution >= 0.6 is 0 Å². The van der Waals surface area contributed by atoms with E-state index in [-0.39, 0.29) is 11.3 Å². The number of amides is 2. The molecular formula is C26H24N2O5. The number of benzene rings is 3. The SMILES string of the molecule is COc1cccc(N2C(=O)C(Nc3cc(OC)ccc3OC)=C(c3ccc(C)cc3)C2=O)c1. The second-order valence-electron chi connectivity index (χ2n) is 7.45. The minimum absolute atomic E-state index is 0.151. The van der Waals surface area contributed by atoms with Crippen LogP contribution in [-0.4, -0.2) is 33.1 Å². The Labute approximate surface area is 192 Å². The largest absolute Gasteiger partial charge is 0.497 e. The van der Waals surface area contributed by atoms with Crippen LogP contribution in [0.4, 0.5) is 11.4 Å². The summed E-state index contributed by atoms with van der Waals surface area (Å²) in [5.41, 5.74) is 3.03. The summed E-state index contributed by atoms with van der Waals surface area (Å²) >= 11 is 0. The molecular weight excluding hydrogens is 420 g/mol. The second-order valence-corrected chi connectivity index (χ2v) is 7.45. The van der Waals surface area contributed by atoms with Gasteiger partial charge in [-0.2, -0.15) is 0 Å². The minimum atomic E-state index is -0.478. The first kappa shape index (κ1) is 22.0. The van der Waals surface area contributed by atoms with E-state index in [4.69, 9.17) is 14.2 Å². The number of ether oxygens (including phenoxy) is 3. The van der Waals surface area contributed by atoms with Gasteiger partial charge in [-0.15, -0.1) is 0 Å². The van der Waals surface area contributed by atoms with Crippen LogP contribution in [0.25, 0.3) is 5.57 Å². The van der Waals surface area contributed by atoms with E-state index in [1.807, 2.05) is 31.2 Å². The van der Waals surface area contributed by atoms with E-state index < -0.39 is 11.8 Å². The summed E-state index contributed by atoms with van der Waals surface area (Å²) < 4.78 is 16.0. The van der Waals surface area contributed by atoms with Gasteiger partial charge in [0.2, 0.25) is 0 Å². The lowest BCUT2D eigenvalue weighted by Gasteiger charge is -2.17. The van der Waals surface area contributed by atoms with Crippen LogP contribution in [0.5, 0.6) is 17.2 Å². The van der Waals surface area contributed by atoms with Gasteiger partial charge in [0.1, 0.15) is 22.9 Å². The zero-order valence-electron chi connectivity index (χ0n) is 18.8. The van der Waals surface area contributed by atoms with Crippen molar-refractivity contribution in [1.82, 2.24) is 0 Å². The Hall–Kier alpha value is -4.26. The molecule has 2 amide bonds. The van der Waals surface area contributed by atoms with Crippen LogP contribution < -0.4 is 24.4 Å². The first-order valence-corrected chi connectivity index (χ1v) is 10.3. The number of anilines is 2. The molecule has 33 heavy (non-hydrogen) atoms. The predicted molar refractivity (Wildman–Crippen MR) is 127 cm³/mol. The predicted octanol–water partition coefficient (Wildman–Crippen LogP) is 4.42. The Morgan fingerprint density at radius 3 is 2.12 bits per heavy atom. The van der Waals surface area contributed by atoms with Gasteiger partial charge >= 0.3 is 0 Å². The zero-order chi connectivity index (χ0) is 23.5. The molecule has 1 aliphatic heterocycles. The average molecular weight is 444 g/mol. The molecule has 7 heteroatoms. The van der Waals surface area contributed by atoms with E-state index in [1.54, 1.807) is 49.6 Å². The van der Waals surface area contributed by atoms with Gasteiger partial charge in [0, 0.05) is 12.1 Å². The monoisotopic (exact) mass is 444 g/mol. The molecule has 0 spiro atoms. The smallest absolute Gasteiger partial charge is 0.282 e. The lowest BCUT2D eigenvalue weighted by molar-refractivity contribution is -0.120. The maximum absolute atomic E-state index is 13.6. The molecule has 0 atom stereocenters. The number of imide groups is 1. The quantitative estimate of drug-likeness (QED) is 0.544. The van der Waals surface area contributed by atoms with Gasteiger partial charge < -0.3 is 19.5 Å². The lowest BCUT2D eigenvalue weighted by atomic mass is 10.0.